The first-order valence-corrected chi connectivity index (χ1v) is 3.19. The summed E-state index contributed by atoms with van der Waals surface area (Å²) in [4.78, 5) is 3.38. The lowest BCUT2D eigenvalue weighted by molar-refractivity contribution is 0.145. The molecule has 0 unspecified atom stereocenters. The largest absolute Gasteiger partial charge is 0.390 e. The van der Waals surface area contributed by atoms with Gasteiger partial charge in [-0.3, -0.25) is 4.98 Å². The first-order chi connectivity index (χ1) is 5.66. The van der Waals surface area contributed by atoms with Crippen molar-refractivity contribution in [3.05, 3.63) is 29.3 Å². The van der Waals surface area contributed by atoms with Crippen LogP contribution in [0.1, 0.15) is 17.7 Å². The molecule has 0 amide bonds. The van der Waals surface area contributed by atoms with E-state index >= 15 is 0 Å². The van der Waals surface area contributed by atoms with Gasteiger partial charge in [0.25, 0.3) is 6.43 Å². The van der Waals surface area contributed by atoms with Crippen LogP contribution in [-0.4, -0.2) is 10.1 Å². The third kappa shape index (κ3) is 1.55. The van der Waals surface area contributed by atoms with Crippen molar-refractivity contribution in [3.8, 4) is 0 Å². The Labute approximate surface area is 66.7 Å². The van der Waals surface area contributed by atoms with Gasteiger partial charge in [0.1, 0.15) is 5.69 Å². The summed E-state index contributed by atoms with van der Waals surface area (Å²) in [5, 5.41) is 8.48. The molecule has 12 heavy (non-hydrogen) atoms. The minimum absolute atomic E-state index is 0.354. The van der Waals surface area contributed by atoms with Crippen LogP contribution in [0.25, 0.3) is 0 Å². The van der Waals surface area contributed by atoms with Gasteiger partial charge in [0.05, 0.1) is 12.2 Å². The van der Waals surface area contributed by atoms with Crippen LogP contribution in [0.4, 0.5) is 13.2 Å². The maximum atomic E-state index is 12.8. The third-order valence-corrected chi connectivity index (χ3v) is 1.38. The van der Waals surface area contributed by atoms with Crippen LogP contribution in [-0.2, 0) is 6.61 Å². The molecular formula is C7H6F3NO. The highest BCUT2D eigenvalue weighted by Crippen LogP contribution is 2.22. The molecule has 0 radical (unpaired) electrons. The van der Waals surface area contributed by atoms with Crippen molar-refractivity contribution in [2.24, 2.45) is 0 Å². The van der Waals surface area contributed by atoms with Gasteiger partial charge in [-0.2, -0.15) is 0 Å². The Hall–Kier alpha value is -1.10. The Morgan fingerprint density at radius 2 is 2.17 bits per heavy atom. The molecule has 66 valence electrons. The number of aliphatic hydroxyl groups is 1. The molecule has 5 heteroatoms. The third-order valence-electron chi connectivity index (χ3n) is 1.38. The Bertz CT molecular complexity index is 277. The van der Waals surface area contributed by atoms with E-state index < -0.39 is 24.4 Å². The summed E-state index contributed by atoms with van der Waals surface area (Å²) in [6.07, 6.45) is -1.84. The molecule has 1 aromatic heterocycles. The summed E-state index contributed by atoms with van der Waals surface area (Å²) in [5.74, 6) is -1.13. The van der Waals surface area contributed by atoms with E-state index in [0.717, 1.165) is 12.3 Å². The lowest BCUT2D eigenvalue weighted by atomic mass is 10.2. The molecule has 0 atom stereocenters. The summed E-state index contributed by atoms with van der Waals surface area (Å²) < 4.78 is 36.8. The van der Waals surface area contributed by atoms with Gasteiger partial charge in [-0.1, -0.05) is 0 Å². The summed E-state index contributed by atoms with van der Waals surface area (Å²) in [5.41, 5.74) is -1.08. The second-order valence-corrected chi connectivity index (χ2v) is 2.12. The van der Waals surface area contributed by atoms with Gasteiger partial charge in [0.2, 0.25) is 0 Å². The van der Waals surface area contributed by atoms with Crippen LogP contribution in [0.2, 0.25) is 0 Å². The normalized spacial score (nSPS) is 10.8. The number of alkyl halides is 2. The molecule has 0 saturated carbocycles. The predicted molar refractivity (Wildman–Crippen MR) is 35.1 cm³/mol. The maximum absolute atomic E-state index is 12.8. The topological polar surface area (TPSA) is 33.1 Å². The van der Waals surface area contributed by atoms with Crippen molar-refractivity contribution >= 4 is 0 Å². The molecule has 0 fully saturated rings. The van der Waals surface area contributed by atoms with E-state index in [2.05, 4.69) is 4.98 Å². The molecule has 0 aliphatic heterocycles. The van der Waals surface area contributed by atoms with Crippen molar-refractivity contribution in [3.63, 3.8) is 0 Å². The quantitative estimate of drug-likeness (QED) is 0.745. The number of halogens is 3. The Balaban J connectivity index is 3.14. The standard InChI is InChI=1S/C7H6F3NO/c8-6-4(7(9)10)1-2-11-5(6)3-12/h1-2,7,12H,3H2. The average Bonchev–Trinajstić information content (AvgIpc) is 2.04. The zero-order valence-electron chi connectivity index (χ0n) is 5.97. The fourth-order valence-electron chi connectivity index (χ4n) is 0.783. The molecule has 0 aliphatic rings. The van der Waals surface area contributed by atoms with Crippen LogP contribution < -0.4 is 0 Å². The molecule has 1 aromatic rings. The minimum atomic E-state index is -2.88. The first kappa shape index (κ1) is 8.99. The van der Waals surface area contributed by atoms with E-state index in [1.165, 1.54) is 0 Å². The number of aliphatic hydroxyl groups excluding tert-OH is 1. The molecule has 0 saturated heterocycles. The Morgan fingerprint density at radius 3 is 2.67 bits per heavy atom. The second kappa shape index (κ2) is 3.53. The van der Waals surface area contributed by atoms with E-state index in [1.54, 1.807) is 0 Å². The van der Waals surface area contributed by atoms with E-state index in [1.807, 2.05) is 0 Å². The summed E-state index contributed by atoms with van der Waals surface area (Å²) in [6.45, 7) is -0.674. The van der Waals surface area contributed by atoms with E-state index in [9.17, 15) is 13.2 Å². The zero-order valence-corrected chi connectivity index (χ0v) is 5.97. The number of pyridine rings is 1. The van der Waals surface area contributed by atoms with Crippen molar-refractivity contribution in [1.29, 1.82) is 0 Å². The lowest BCUT2D eigenvalue weighted by Gasteiger charge is -2.03. The van der Waals surface area contributed by atoms with Crippen LogP contribution in [0.3, 0.4) is 0 Å². The summed E-state index contributed by atoms with van der Waals surface area (Å²) in [6, 6.07) is 0.888. The van der Waals surface area contributed by atoms with E-state index in [0.29, 0.717) is 0 Å². The fourth-order valence-corrected chi connectivity index (χ4v) is 0.783. The number of nitrogens with zero attached hydrogens (tertiary/aromatic N) is 1. The number of aromatic nitrogens is 1. The van der Waals surface area contributed by atoms with Crippen molar-refractivity contribution in [1.82, 2.24) is 4.98 Å². The van der Waals surface area contributed by atoms with Crippen LogP contribution in [0.5, 0.6) is 0 Å². The highest BCUT2D eigenvalue weighted by Gasteiger charge is 2.16. The van der Waals surface area contributed by atoms with Gasteiger partial charge in [0.15, 0.2) is 5.82 Å². The van der Waals surface area contributed by atoms with Gasteiger partial charge in [-0.25, -0.2) is 13.2 Å². The molecule has 1 N–H and O–H groups in total. The summed E-state index contributed by atoms with van der Waals surface area (Å²) >= 11 is 0. The van der Waals surface area contributed by atoms with E-state index in [4.69, 9.17) is 5.11 Å². The van der Waals surface area contributed by atoms with Gasteiger partial charge in [-0.05, 0) is 6.07 Å². The molecule has 0 aromatic carbocycles. The predicted octanol–water partition coefficient (Wildman–Crippen LogP) is 1.65. The smallest absolute Gasteiger partial charge is 0.266 e. The highest BCUT2D eigenvalue weighted by atomic mass is 19.3. The molecule has 0 spiro atoms. The van der Waals surface area contributed by atoms with Gasteiger partial charge in [0, 0.05) is 6.20 Å². The van der Waals surface area contributed by atoms with Crippen molar-refractivity contribution in [2.45, 2.75) is 13.0 Å². The highest BCUT2D eigenvalue weighted by molar-refractivity contribution is 5.19. The molecule has 1 rings (SSSR count). The fraction of sp³-hybridized carbons (Fsp3) is 0.286. The molecular weight excluding hydrogens is 171 g/mol. The molecule has 1 heterocycles. The SMILES string of the molecule is OCc1nccc(C(F)F)c1F. The zero-order chi connectivity index (χ0) is 9.14. The molecule has 0 aliphatic carbocycles. The minimum Gasteiger partial charge on any atom is -0.390 e. The first-order valence-electron chi connectivity index (χ1n) is 3.19. The Morgan fingerprint density at radius 1 is 1.50 bits per heavy atom. The van der Waals surface area contributed by atoms with Crippen molar-refractivity contribution < 1.29 is 18.3 Å². The Kier molecular flexibility index (Phi) is 2.65. The number of hydrogen-bond donors (Lipinski definition) is 1. The van der Waals surface area contributed by atoms with Gasteiger partial charge in [-0.15, -0.1) is 0 Å². The maximum Gasteiger partial charge on any atom is 0.266 e. The second-order valence-electron chi connectivity index (χ2n) is 2.12. The van der Waals surface area contributed by atoms with Gasteiger partial charge >= 0.3 is 0 Å². The van der Waals surface area contributed by atoms with Gasteiger partial charge < -0.3 is 5.11 Å². The monoisotopic (exact) mass is 177 g/mol. The van der Waals surface area contributed by atoms with Crippen LogP contribution in [0, 0.1) is 5.82 Å². The van der Waals surface area contributed by atoms with Crippen LogP contribution in [0.15, 0.2) is 12.3 Å². The van der Waals surface area contributed by atoms with Crippen molar-refractivity contribution in [2.75, 3.05) is 0 Å². The number of hydrogen-bond acceptors (Lipinski definition) is 2. The van der Waals surface area contributed by atoms with E-state index in [-0.39, 0.29) is 5.69 Å². The number of rotatable bonds is 2. The molecule has 2 nitrogen and oxygen atoms in total. The summed E-state index contributed by atoms with van der Waals surface area (Å²) in [7, 11) is 0. The lowest BCUT2D eigenvalue weighted by Crippen LogP contribution is -1.99. The molecule has 0 bridgehead atoms. The van der Waals surface area contributed by atoms with Crippen LogP contribution >= 0.6 is 0 Å². The average molecular weight is 177 g/mol.